The number of ether oxygens (including phenoxy) is 3. The lowest BCUT2D eigenvalue weighted by atomic mass is 9.97. The Morgan fingerprint density at radius 2 is 2.06 bits per heavy atom. The molecule has 1 aromatic heterocycles. The molecule has 1 amide bonds. The van der Waals surface area contributed by atoms with Gasteiger partial charge in [-0.1, -0.05) is 12.1 Å². The molecule has 31 heavy (non-hydrogen) atoms. The second-order valence-corrected chi connectivity index (χ2v) is 7.72. The number of hydrogen-bond donors (Lipinski definition) is 0. The number of aromatic nitrogens is 2. The number of benzene rings is 2. The van der Waals surface area contributed by atoms with Crippen LogP contribution in [0.3, 0.4) is 0 Å². The molecule has 0 saturated carbocycles. The lowest BCUT2D eigenvalue weighted by Gasteiger charge is -2.31. The van der Waals surface area contributed by atoms with Gasteiger partial charge in [0.2, 0.25) is 24.5 Å². The van der Waals surface area contributed by atoms with Gasteiger partial charge in [-0.15, -0.1) is 10.2 Å². The van der Waals surface area contributed by atoms with Gasteiger partial charge in [0.1, 0.15) is 5.75 Å². The van der Waals surface area contributed by atoms with Crippen molar-refractivity contribution < 1.29 is 23.4 Å². The second kappa shape index (κ2) is 8.29. The van der Waals surface area contributed by atoms with Crippen LogP contribution in [0.5, 0.6) is 17.2 Å². The van der Waals surface area contributed by atoms with Gasteiger partial charge in [-0.25, -0.2) is 0 Å². The maximum atomic E-state index is 12.9. The first kappa shape index (κ1) is 19.4. The number of amides is 1. The second-order valence-electron chi connectivity index (χ2n) is 7.72. The largest absolute Gasteiger partial charge is 0.497 e. The summed E-state index contributed by atoms with van der Waals surface area (Å²) in [7, 11) is 1.62. The van der Waals surface area contributed by atoms with E-state index in [4.69, 9.17) is 18.6 Å². The molecule has 8 heteroatoms. The Bertz CT molecular complexity index is 1100. The molecular weight excluding hydrogens is 398 g/mol. The van der Waals surface area contributed by atoms with Gasteiger partial charge >= 0.3 is 0 Å². The average Bonchev–Trinajstić information content (AvgIpc) is 3.48. The predicted octanol–water partition coefficient (Wildman–Crippen LogP) is 3.42. The monoisotopic (exact) mass is 421 g/mol. The summed E-state index contributed by atoms with van der Waals surface area (Å²) in [5.41, 5.74) is 1.72. The SMILES string of the molecule is COc1cccc(CC(=O)N2CCCC(c3nnc(-c4ccc5c(c4)OCO5)o3)C2)c1. The average molecular weight is 421 g/mol. The summed E-state index contributed by atoms with van der Waals surface area (Å²) >= 11 is 0. The third-order valence-electron chi connectivity index (χ3n) is 5.67. The quantitative estimate of drug-likeness (QED) is 0.624. The molecule has 1 fully saturated rings. The first-order valence-electron chi connectivity index (χ1n) is 10.3. The maximum Gasteiger partial charge on any atom is 0.247 e. The van der Waals surface area contributed by atoms with Crippen molar-refractivity contribution in [3.63, 3.8) is 0 Å². The zero-order valence-electron chi connectivity index (χ0n) is 17.2. The van der Waals surface area contributed by atoms with E-state index >= 15 is 0 Å². The van der Waals surface area contributed by atoms with E-state index in [0.717, 1.165) is 36.3 Å². The summed E-state index contributed by atoms with van der Waals surface area (Å²) in [5.74, 6) is 3.25. The van der Waals surface area contributed by atoms with Crippen LogP contribution in [-0.4, -0.2) is 48.0 Å². The van der Waals surface area contributed by atoms with Crippen molar-refractivity contribution in [2.24, 2.45) is 0 Å². The number of fused-ring (bicyclic) bond motifs is 1. The molecule has 8 nitrogen and oxygen atoms in total. The standard InChI is InChI=1S/C23H23N3O5/c1-28-18-6-2-4-15(10-18)11-21(27)26-9-3-5-17(13-26)23-25-24-22(31-23)16-7-8-19-20(12-16)30-14-29-19/h2,4,6-8,10,12,17H,3,5,9,11,13-14H2,1H3. The highest BCUT2D eigenvalue weighted by Gasteiger charge is 2.29. The zero-order valence-corrected chi connectivity index (χ0v) is 17.2. The number of carbonyl (C=O) groups excluding carboxylic acids is 1. The van der Waals surface area contributed by atoms with Crippen molar-refractivity contribution in [1.82, 2.24) is 15.1 Å². The molecule has 1 unspecified atom stereocenters. The molecule has 0 radical (unpaired) electrons. The van der Waals surface area contributed by atoms with Crippen molar-refractivity contribution >= 4 is 5.91 Å². The highest BCUT2D eigenvalue weighted by molar-refractivity contribution is 5.79. The van der Waals surface area contributed by atoms with Gasteiger partial charge in [-0.05, 0) is 48.7 Å². The number of nitrogens with zero attached hydrogens (tertiary/aromatic N) is 3. The molecule has 0 bridgehead atoms. The van der Waals surface area contributed by atoms with Crippen LogP contribution < -0.4 is 14.2 Å². The van der Waals surface area contributed by atoms with Crippen molar-refractivity contribution in [3.8, 4) is 28.7 Å². The van der Waals surface area contributed by atoms with Crippen LogP contribution in [0.1, 0.15) is 30.2 Å². The zero-order chi connectivity index (χ0) is 21.2. The van der Waals surface area contributed by atoms with Gasteiger partial charge in [0.05, 0.1) is 19.4 Å². The summed E-state index contributed by atoms with van der Waals surface area (Å²) in [6, 6.07) is 13.2. The van der Waals surface area contributed by atoms with Crippen molar-refractivity contribution in [3.05, 3.63) is 53.9 Å². The van der Waals surface area contributed by atoms with E-state index in [0.29, 0.717) is 36.2 Å². The van der Waals surface area contributed by atoms with Crippen molar-refractivity contribution in [1.29, 1.82) is 0 Å². The van der Waals surface area contributed by atoms with E-state index in [2.05, 4.69) is 10.2 Å². The fourth-order valence-electron chi connectivity index (χ4n) is 4.02. The van der Waals surface area contributed by atoms with Crippen LogP contribution in [0.15, 0.2) is 46.9 Å². The number of hydrogen-bond acceptors (Lipinski definition) is 7. The first-order valence-corrected chi connectivity index (χ1v) is 10.3. The Labute approximate surface area is 179 Å². The van der Waals surface area contributed by atoms with Crippen LogP contribution in [-0.2, 0) is 11.2 Å². The van der Waals surface area contributed by atoms with Crippen molar-refractivity contribution in [2.75, 3.05) is 27.0 Å². The van der Waals surface area contributed by atoms with Crippen LogP contribution in [0, 0.1) is 0 Å². The molecule has 0 spiro atoms. The minimum absolute atomic E-state index is 0.0262. The van der Waals surface area contributed by atoms with Crippen LogP contribution in [0.25, 0.3) is 11.5 Å². The van der Waals surface area contributed by atoms with Gasteiger partial charge in [-0.2, -0.15) is 0 Å². The van der Waals surface area contributed by atoms with Crippen LogP contribution in [0.2, 0.25) is 0 Å². The smallest absolute Gasteiger partial charge is 0.247 e. The summed E-state index contributed by atoms with van der Waals surface area (Å²) in [5, 5.41) is 8.48. The maximum absolute atomic E-state index is 12.9. The molecule has 3 aromatic rings. The highest BCUT2D eigenvalue weighted by atomic mass is 16.7. The van der Waals surface area contributed by atoms with Gasteiger partial charge in [0.15, 0.2) is 11.5 Å². The Hall–Kier alpha value is -3.55. The molecular formula is C23H23N3O5. The topological polar surface area (TPSA) is 86.9 Å². The third kappa shape index (κ3) is 4.05. The van der Waals surface area contributed by atoms with Crippen LogP contribution >= 0.6 is 0 Å². The predicted molar refractivity (Wildman–Crippen MR) is 111 cm³/mol. The number of carbonyl (C=O) groups is 1. The molecule has 2 aliphatic heterocycles. The molecule has 0 aliphatic carbocycles. The molecule has 1 atom stereocenters. The normalized spacial score (nSPS) is 17.6. The van der Waals surface area contributed by atoms with E-state index in [1.54, 1.807) is 7.11 Å². The molecule has 0 N–H and O–H groups in total. The Balaban J connectivity index is 1.27. The van der Waals surface area contributed by atoms with E-state index in [1.807, 2.05) is 47.4 Å². The van der Waals surface area contributed by atoms with E-state index in [-0.39, 0.29) is 18.6 Å². The minimum atomic E-state index is 0.0262. The Morgan fingerprint density at radius 1 is 1.16 bits per heavy atom. The van der Waals surface area contributed by atoms with Crippen LogP contribution in [0.4, 0.5) is 0 Å². The van der Waals surface area contributed by atoms with Gasteiger partial charge in [0, 0.05) is 18.7 Å². The minimum Gasteiger partial charge on any atom is -0.497 e. The van der Waals surface area contributed by atoms with E-state index in [1.165, 1.54) is 0 Å². The fraction of sp³-hybridized carbons (Fsp3) is 0.348. The number of likely N-dealkylation sites (tertiary alicyclic amines) is 1. The lowest BCUT2D eigenvalue weighted by Crippen LogP contribution is -2.40. The number of methoxy groups -OCH3 is 1. The molecule has 5 rings (SSSR count). The Morgan fingerprint density at radius 3 is 2.97 bits per heavy atom. The summed E-state index contributed by atoms with van der Waals surface area (Å²) in [6.45, 7) is 1.53. The van der Waals surface area contributed by atoms with E-state index in [9.17, 15) is 4.79 Å². The van der Waals surface area contributed by atoms with Gasteiger partial charge < -0.3 is 23.5 Å². The summed E-state index contributed by atoms with van der Waals surface area (Å²) in [4.78, 5) is 14.8. The third-order valence-corrected chi connectivity index (χ3v) is 5.67. The number of rotatable bonds is 5. The molecule has 2 aromatic carbocycles. The highest BCUT2D eigenvalue weighted by Crippen LogP contribution is 2.36. The molecule has 160 valence electrons. The lowest BCUT2D eigenvalue weighted by molar-refractivity contribution is -0.131. The Kier molecular flexibility index (Phi) is 5.19. The summed E-state index contributed by atoms with van der Waals surface area (Å²) in [6.07, 6.45) is 2.15. The van der Waals surface area contributed by atoms with Crippen molar-refractivity contribution in [2.45, 2.75) is 25.2 Å². The van der Waals surface area contributed by atoms with E-state index < -0.39 is 0 Å². The fourth-order valence-corrected chi connectivity index (χ4v) is 4.02. The van der Waals surface area contributed by atoms with Gasteiger partial charge in [0.25, 0.3) is 0 Å². The molecule has 1 saturated heterocycles. The summed E-state index contributed by atoms with van der Waals surface area (Å²) < 4.78 is 22.0. The van der Waals surface area contributed by atoms with Gasteiger partial charge in [-0.3, -0.25) is 4.79 Å². The first-order chi connectivity index (χ1) is 15.2. The molecule has 3 heterocycles. The number of piperidine rings is 1. The molecule has 2 aliphatic rings.